The largest absolute Gasteiger partial charge is 0.311 e. The van der Waals surface area contributed by atoms with E-state index in [0.717, 1.165) is 13.0 Å². The summed E-state index contributed by atoms with van der Waals surface area (Å²) in [5.74, 6) is 0.613. The van der Waals surface area contributed by atoms with E-state index in [1.54, 1.807) is 0 Å². The second-order valence-corrected chi connectivity index (χ2v) is 8.62. The molecule has 1 saturated heterocycles. The van der Waals surface area contributed by atoms with Gasteiger partial charge >= 0.3 is 0 Å². The third-order valence-corrected chi connectivity index (χ3v) is 5.32. The fraction of sp³-hybridized carbons (Fsp3) is 1.00. The first kappa shape index (κ1) is 15.9. The molecule has 4 nitrogen and oxygen atoms in total. The summed E-state index contributed by atoms with van der Waals surface area (Å²) in [5.41, 5.74) is 0.110. The quantitative estimate of drug-likeness (QED) is 0.840. The van der Waals surface area contributed by atoms with Crippen LogP contribution in [0.25, 0.3) is 0 Å². The summed E-state index contributed by atoms with van der Waals surface area (Å²) in [6.07, 6.45) is 1.05. The summed E-state index contributed by atoms with van der Waals surface area (Å²) in [6, 6.07) is 0.560. The first-order chi connectivity index (χ1) is 8.14. The molecule has 1 aliphatic heterocycles. The lowest BCUT2D eigenvalue weighted by molar-refractivity contribution is 0.143. The highest BCUT2D eigenvalue weighted by Crippen LogP contribution is 2.17. The fourth-order valence-corrected chi connectivity index (χ4v) is 4.06. The molecule has 1 aliphatic rings. The van der Waals surface area contributed by atoms with Gasteiger partial charge in [0.15, 0.2) is 9.84 Å². The predicted molar refractivity (Wildman–Crippen MR) is 76.7 cm³/mol. The normalized spacial score (nSPS) is 27.1. The molecule has 2 unspecified atom stereocenters. The molecule has 0 amide bonds. The Morgan fingerprint density at radius 1 is 1.39 bits per heavy atom. The van der Waals surface area contributed by atoms with Gasteiger partial charge in [0.25, 0.3) is 0 Å². The van der Waals surface area contributed by atoms with Gasteiger partial charge in [-0.15, -0.1) is 0 Å². The molecule has 1 rings (SSSR count). The maximum absolute atomic E-state index is 11.6. The van der Waals surface area contributed by atoms with Crippen molar-refractivity contribution in [2.45, 2.75) is 58.7 Å². The van der Waals surface area contributed by atoms with Crippen LogP contribution in [-0.2, 0) is 9.84 Å². The van der Waals surface area contributed by atoms with Gasteiger partial charge in [-0.25, -0.2) is 8.42 Å². The fourth-order valence-electron chi connectivity index (χ4n) is 2.47. The smallest absolute Gasteiger partial charge is 0.153 e. The van der Waals surface area contributed by atoms with Gasteiger partial charge in [-0.05, 0) is 34.1 Å². The molecular weight excluding hydrogens is 248 g/mol. The molecule has 0 radical (unpaired) electrons. The van der Waals surface area contributed by atoms with Crippen LogP contribution in [0.2, 0.25) is 0 Å². The number of nitrogens with zero attached hydrogens (tertiary/aromatic N) is 1. The third-order valence-electron chi connectivity index (χ3n) is 3.53. The van der Waals surface area contributed by atoms with E-state index in [9.17, 15) is 8.42 Å². The molecule has 18 heavy (non-hydrogen) atoms. The highest BCUT2D eigenvalue weighted by Gasteiger charge is 2.32. The molecule has 1 fully saturated rings. The summed E-state index contributed by atoms with van der Waals surface area (Å²) < 4.78 is 23.2. The number of rotatable bonds is 4. The number of hydrogen-bond donors (Lipinski definition) is 1. The second kappa shape index (κ2) is 5.88. The lowest BCUT2D eigenvalue weighted by Crippen LogP contribution is -2.55. The van der Waals surface area contributed by atoms with Crippen LogP contribution in [0.4, 0.5) is 0 Å². The van der Waals surface area contributed by atoms with Crippen LogP contribution in [-0.4, -0.2) is 55.5 Å². The molecule has 1 N–H and O–H groups in total. The van der Waals surface area contributed by atoms with Crippen molar-refractivity contribution in [3.63, 3.8) is 0 Å². The first-order valence-electron chi connectivity index (χ1n) is 6.86. The predicted octanol–water partition coefficient (Wildman–Crippen LogP) is 1.27. The zero-order chi connectivity index (χ0) is 14.0. The van der Waals surface area contributed by atoms with Crippen LogP contribution in [0.15, 0.2) is 0 Å². The molecule has 108 valence electrons. The SMILES string of the molecule is CCC(CNC(C)(C)C)N1CCS(=O)(=O)CC1C. The van der Waals surface area contributed by atoms with E-state index in [1.165, 1.54) is 0 Å². The van der Waals surface area contributed by atoms with E-state index in [4.69, 9.17) is 0 Å². The lowest BCUT2D eigenvalue weighted by atomic mass is 10.1. The topological polar surface area (TPSA) is 49.4 Å². The second-order valence-electron chi connectivity index (χ2n) is 6.39. The Hall–Kier alpha value is -0.130. The van der Waals surface area contributed by atoms with Gasteiger partial charge in [0, 0.05) is 30.7 Å². The lowest BCUT2D eigenvalue weighted by Gasteiger charge is -2.40. The van der Waals surface area contributed by atoms with Crippen molar-refractivity contribution < 1.29 is 8.42 Å². The van der Waals surface area contributed by atoms with E-state index in [-0.39, 0.29) is 11.6 Å². The molecule has 0 aliphatic carbocycles. The van der Waals surface area contributed by atoms with Crippen LogP contribution in [0.1, 0.15) is 41.0 Å². The Morgan fingerprint density at radius 2 is 2.00 bits per heavy atom. The Balaban J connectivity index is 2.61. The summed E-state index contributed by atoms with van der Waals surface area (Å²) in [7, 11) is -2.81. The summed E-state index contributed by atoms with van der Waals surface area (Å²) in [4.78, 5) is 2.35. The van der Waals surface area contributed by atoms with E-state index in [1.807, 2.05) is 6.92 Å². The number of nitrogens with one attached hydrogen (secondary N) is 1. The molecule has 0 aromatic carbocycles. The van der Waals surface area contributed by atoms with Gasteiger partial charge in [0.05, 0.1) is 11.5 Å². The minimum absolute atomic E-state index is 0.110. The van der Waals surface area contributed by atoms with Crippen LogP contribution < -0.4 is 5.32 Å². The minimum atomic E-state index is -2.81. The van der Waals surface area contributed by atoms with Gasteiger partial charge in [-0.1, -0.05) is 6.92 Å². The average Bonchev–Trinajstić information content (AvgIpc) is 2.18. The van der Waals surface area contributed by atoms with Crippen molar-refractivity contribution in [2.75, 3.05) is 24.6 Å². The van der Waals surface area contributed by atoms with E-state index < -0.39 is 9.84 Å². The molecule has 0 bridgehead atoms. The van der Waals surface area contributed by atoms with Crippen molar-refractivity contribution in [1.82, 2.24) is 10.2 Å². The zero-order valence-corrected chi connectivity index (χ0v) is 13.2. The monoisotopic (exact) mass is 276 g/mol. The molecule has 0 spiro atoms. The van der Waals surface area contributed by atoms with E-state index in [2.05, 4.69) is 37.9 Å². The van der Waals surface area contributed by atoms with E-state index in [0.29, 0.717) is 24.1 Å². The van der Waals surface area contributed by atoms with Crippen molar-refractivity contribution >= 4 is 9.84 Å². The van der Waals surface area contributed by atoms with Crippen LogP contribution >= 0.6 is 0 Å². The summed E-state index contributed by atoms with van der Waals surface area (Å²) in [5, 5.41) is 3.52. The van der Waals surface area contributed by atoms with Gasteiger partial charge in [-0.2, -0.15) is 0 Å². The highest BCUT2D eigenvalue weighted by atomic mass is 32.2. The molecule has 0 aromatic rings. The maximum atomic E-state index is 11.6. The Kier molecular flexibility index (Phi) is 5.21. The Labute approximate surface area is 112 Å². The molecular formula is C13H28N2O2S. The number of sulfone groups is 1. The maximum Gasteiger partial charge on any atom is 0.153 e. The third kappa shape index (κ3) is 4.86. The van der Waals surface area contributed by atoms with Gasteiger partial charge in [0.1, 0.15) is 0 Å². The average molecular weight is 276 g/mol. The van der Waals surface area contributed by atoms with Crippen molar-refractivity contribution in [1.29, 1.82) is 0 Å². The van der Waals surface area contributed by atoms with Gasteiger partial charge < -0.3 is 5.32 Å². The standard InChI is InChI=1S/C13H28N2O2S/c1-6-12(9-14-13(3,4)5)15-7-8-18(16,17)10-11(15)2/h11-12,14H,6-10H2,1-5H3. The van der Waals surface area contributed by atoms with Crippen molar-refractivity contribution in [3.05, 3.63) is 0 Å². The Bertz CT molecular complexity index is 360. The molecule has 1 heterocycles. The summed E-state index contributed by atoms with van der Waals surface area (Å²) in [6.45, 7) is 12.3. The summed E-state index contributed by atoms with van der Waals surface area (Å²) >= 11 is 0. The van der Waals surface area contributed by atoms with Crippen molar-refractivity contribution in [2.24, 2.45) is 0 Å². The molecule has 2 atom stereocenters. The van der Waals surface area contributed by atoms with Crippen LogP contribution in [0.3, 0.4) is 0 Å². The van der Waals surface area contributed by atoms with Crippen LogP contribution in [0.5, 0.6) is 0 Å². The van der Waals surface area contributed by atoms with E-state index >= 15 is 0 Å². The van der Waals surface area contributed by atoms with Crippen molar-refractivity contribution in [3.8, 4) is 0 Å². The zero-order valence-electron chi connectivity index (χ0n) is 12.4. The molecule has 0 aromatic heterocycles. The minimum Gasteiger partial charge on any atom is -0.311 e. The Morgan fingerprint density at radius 3 is 2.44 bits per heavy atom. The molecule has 5 heteroatoms. The van der Waals surface area contributed by atoms with Gasteiger partial charge in [-0.3, -0.25) is 4.90 Å². The number of hydrogen-bond acceptors (Lipinski definition) is 4. The highest BCUT2D eigenvalue weighted by molar-refractivity contribution is 7.91. The molecule has 0 saturated carbocycles. The first-order valence-corrected chi connectivity index (χ1v) is 8.68. The van der Waals surface area contributed by atoms with Crippen LogP contribution in [0, 0.1) is 0 Å². The van der Waals surface area contributed by atoms with Gasteiger partial charge in [0.2, 0.25) is 0 Å².